The zero-order valence-electron chi connectivity index (χ0n) is 12.9. The van der Waals surface area contributed by atoms with E-state index in [2.05, 4.69) is 9.88 Å². The Morgan fingerprint density at radius 3 is 2.48 bits per heavy atom. The third-order valence-corrected chi connectivity index (χ3v) is 4.98. The lowest BCUT2D eigenvalue weighted by molar-refractivity contribution is -0.142. The van der Waals surface area contributed by atoms with Crippen LogP contribution in [0.3, 0.4) is 0 Å². The maximum atomic E-state index is 13.2. The van der Waals surface area contributed by atoms with E-state index >= 15 is 0 Å². The lowest BCUT2D eigenvalue weighted by Gasteiger charge is -2.37. The number of carbonyl (C=O) groups excluding carboxylic acids is 1. The summed E-state index contributed by atoms with van der Waals surface area (Å²) in [7, 11) is 0. The van der Waals surface area contributed by atoms with Gasteiger partial charge in [-0.1, -0.05) is 11.6 Å². The number of hydrogen-bond acceptors (Lipinski definition) is 3. The molecule has 7 heteroatoms. The highest BCUT2D eigenvalue weighted by Gasteiger charge is 2.38. The fraction of sp³-hybridized carbons (Fsp3) is 0.625. The predicted molar refractivity (Wildman–Crippen MR) is 84.9 cm³/mol. The first-order chi connectivity index (χ1) is 11.0. The van der Waals surface area contributed by atoms with E-state index < -0.39 is 5.92 Å². The maximum absolute atomic E-state index is 13.2. The second kappa shape index (κ2) is 6.59. The number of carbonyl (C=O) groups is 1. The fourth-order valence-corrected chi connectivity index (χ4v) is 3.50. The van der Waals surface area contributed by atoms with Crippen molar-refractivity contribution in [3.05, 3.63) is 23.4 Å². The molecule has 0 aliphatic carbocycles. The van der Waals surface area contributed by atoms with E-state index in [1.54, 1.807) is 23.2 Å². The second-order valence-corrected chi connectivity index (χ2v) is 6.66. The molecule has 0 saturated carbocycles. The fourth-order valence-electron chi connectivity index (χ4n) is 3.26. The molecule has 0 N–H and O–H groups in total. The minimum atomic E-state index is -2.62. The molecule has 4 nitrogen and oxygen atoms in total. The number of rotatable bonds is 2. The Bertz CT molecular complexity index is 566. The topological polar surface area (TPSA) is 36.4 Å². The van der Waals surface area contributed by atoms with Crippen LogP contribution in [0.1, 0.15) is 25.7 Å². The number of piperidine rings is 2. The average molecular weight is 344 g/mol. The van der Waals surface area contributed by atoms with Gasteiger partial charge in [-0.3, -0.25) is 4.79 Å². The minimum Gasteiger partial charge on any atom is -0.355 e. The number of anilines is 1. The summed E-state index contributed by atoms with van der Waals surface area (Å²) in [5.41, 5.74) is 0. The van der Waals surface area contributed by atoms with Crippen molar-refractivity contribution >= 4 is 23.3 Å². The number of likely N-dealkylation sites (tertiary alicyclic amines) is 1. The number of halogens is 3. The molecule has 0 bridgehead atoms. The number of amides is 1. The van der Waals surface area contributed by atoms with Gasteiger partial charge in [-0.05, 0) is 25.0 Å². The van der Waals surface area contributed by atoms with Crippen molar-refractivity contribution in [3.63, 3.8) is 0 Å². The Kier molecular flexibility index (Phi) is 4.71. The molecule has 3 heterocycles. The van der Waals surface area contributed by atoms with Gasteiger partial charge in [-0.2, -0.15) is 0 Å². The SMILES string of the molecule is O=C(C1CCN(c2ncccc2Cl)CC1)N1CCC(F)(F)CC1. The van der Waals surface area contributed by atoms with Crippen molar-refractivity contribution in [1.82, 2.24) is 9.88 Å². The van der Waals surface area contributed by atoms with E-state index in [9.17, 15) is 13.6 Å². The van der Waals surface area contributed by atoms with Crippen molar-refractivity contribution in [3.8, 4) is 0 Å². The molecule has 1 aromatic rings. The van der Waals surface area contributed by atoms with E-state index in [0.29, 0.717) is 31.0 Å². The molecule has 2 fully saturated rings. The van der Waals surface area contributed by atoms with E-state index in [4.69, 9.17) is 11.6 Å². The van der Waals surface area contributed by atoms with Gasteiger partial charge in [0.2, 0.25) is 5.91 Å². The summed E-state index contributed by atoms with van der Waals surface area (Å²) in [6.45, 7) is 1.74. The van der Waals surface area contributed by atoms with Gasteiger partial charge < -0.3 is 9.80 Å². The van der Waals surface area contributed by atoms with Gasteiger partial charge in [0.15, 0.2) is 0 Å². The van der Waals surface area contributed by atoms with Crippen molar-refractivity contribution in [2.45, 2.75) is 31.6 Å². The normalized spacial score (nSPS) is 22.2. The van der Waals surface area contributed by atoms with Gasteiger partial charge in [-0.25, -0.2) is 13.8 Å². The first kappa shape index (κ1) is 16.4. The van der Waals surface area contributed by atoms with Crippen molar-refractivity contribution in [1.29, 1.82) is 0 Å². The van der Waals surface area contributed by atoms with Gasteiger partial charge in [-0.15, -0.1) is 0 Å². The van der Waals surface area contributed by atoms with Crippen LogP contribution in [-0.4, -0.2) is 47.9 Å². The first-order valence-electron chi connectivity index (χ1n) is 7.98. The van der Waals surface area contributed by atoms with Crippen LogP contribution in [0.2, 0.25) is 5.02 Å². The van der Waals surface area contributed by atoms with Gasteiger partial charge in [0, 0.05) is 51.1 Å². The predicted octanol–water partition coefficient (Wildman–Crippen LogP) is 3.21. The molecule has 0 aromatic carbocycles. The van der Waals surface area contributed by atoms with Gasteiger partial charge in [0.05, 0.1) is 5.02 Å². The summed E-state index contributed by atoms with van der Waals surface area (Å²) in [6, 6.07) is 3.59. The molecule has 0 unspecified atom stereocenters. The zero-order valence-corrected chi connectivity index (χ0v) is 13.6. The summed E-state index contributed by atoms with van der Waals surface area (Å²) in [5, 5.41) is 0.607. The summed E-state index contributed by atoms with van der Waals surface area (Å²) < 4.78 is 26.4. The lowest BCUT2D eigenvalue weighted by Crippen LogP contribution is -2.47. The molecule has 0 spiro atoms. The van der Waals surface area contributed by atoms with E-state index in [-0.39, 0.29) is 37.8 Å². The molecule has 1 amide bonds. The van der Waals surface area contributed by atoms with E-state index in [1.165, 1.54) is 0 Å². The zero-order chi connectivity index (χ0) is 16.4. The summed E-state index contributed by atoms with van der Waals surface area (Å²) in [4.78, 5) is 20.5. The summed E-state index contributed by atoms with van der Waals surface area (Å²) in [6.07, 6.45) is 2.67. The van der Waals surface area contributed by atoms with Crippen molar-refractivity contribution in [2.75, 3.05) is 31.1 Å². The second-order valence-electron chi connectivity index (χ2n) is 6.25. The molecule has 23 heavy (non-hydrogen) atoms. The molecular weight excluding hydrogens is 324 g/mol. The van der Waals surface area contributed by atoms with Crippen LogP contribution in [0, 0.1) is 5.92 Å². The van der Waals surface area contributed by atoms with Crippen molar-refractivity contribution < 1.29 is 13.6 Å². The van der Waals surface area contributed by atoms with Crippen LogP contribution in [0.4, 0.5) is 14.6 Å². The molecule has 2 saturated heterocycles. The largest absolute Gasteiger partial charge is 0.355 e. The molecule has 126 valence electrons. The van der Waals surface area contributed by atoms with Gasteiger partial charge >= 0.3 is 0 Å². The van der Waals surface area contributed by atoms with Gasteiger partial charge in [0.25, 0.3) is 5.92 Å². The lowest BCUT2D eigenvalue weighted by atomic mass is 9.94. The third kappa shape index (κ3) is 3.74. The van der Waals surface area contributed by atoms with Crippen LogP contribution in [0.15, 0.2) is 18.3 Å². The Balaban J connectivity index is 1.55. The highest BCUT2D eigenvalue weighted by atomic mass is 35.5. The van der Waals surface area contributed by atoms with Crippen LogP contribution >= 0.6 is 11.6 Å². The monoisotopic (exact) mass is 343 g/mol. The Morgan fingerprint density at radius 1 is 1.22 bits per heavy atom. The van der Waals surface area contributed by atoms with Crippen LogP contribution in [0.5, 0.6) is 0 Å². The number of nitrogens with zero attached hydrogens (tertiary/aromatic N) is 3. The molecule has 2 aliphatic rings. The van der Waals surface area contributed by atoms with Crippen molar-refractivity contribution in [2.24, 2.45) is 5.92 Å². The first-order valence-corrected chi connectivity index (χ1v) is 8.36. The summed E-state index contributed by atoms with van der Waals surface area (Å²) >= 11 is 6.15. The number of hydrogen-bond donors (Lipinski definition) is 0. The number of aromatic nitrogens is 1. The van der Waals surface area contributed by atoms with Crippen LogP contribution < -0.4 is 4.90 Å². The average Bonchev–Trinajstić information content (AvgIpc) is 2.55. The molecule has 2 aliphatic heterocycles. The highest BCUT2D eigenvalue weighted by Crippen LogP contribution is 2.31. The Hall–Kier alpha value is -1.43. The quantitative estimate of drug-likeness (QED) is 0.827. The minimum absolute atomic E-state index is 0.0206. The highest BCUT2D eigenvalue weighted by molar-refractivity contribution is 6.32. The molecule has 0 atom stereocenters. The number of alkyl halides is 2. The van der Waals surface area contributed by atoms with Gasteiger partial charge in [0.1, 0.15) is 5.82 Å². The number of pyridine rings is 1. The van der Waals surface area contributed by atoms with E-state index in [1.807, 2.05) is 0 Å². The van der Waals surface area contributed by atoms with Crippen LogP contribution in [0.25, 0.3) is 0 Å². The molecule has 0 radical (unpaired) electrons. The summed E-state index contributed by atoms with van der Waals surface area (Å²) in [5.74, 6) is -1.93. The van der Waals surface area contributed by atoms with E-state index in [0.717, 1.165) is 5.82 Å². The van der Waals surface area contributed by atoms with Crippen LogP contribution in [-0.2, 0) is 4.79 Å². The third-order valence-electron chi connectivity index (χ3n) is 4.69. The Morgan fingerprint density at radius 2 is 1.87 bits per heavy atom. The molecule has 3 rings (SSSR count). The standard InChI is InChI=1S/C16H20ClF2N3O/c17-13-2-1-7-20-14(13)21-8-3-12(4-9-21)15(23)22-10-5-16(18,19)6-11-22/h1-2,7,12H,3-6,8-11H2. The smallest absolute Gasteiger partial charge is 0.251 e. The maximum Gasteiger partial charge on any atom is 0.251 e. The molecular formula is C16H20ClF2N3O. The molecule has 1 aromatic heterocycles. The Labute approximate surface area is 139 Å².